The number of carboxylic acid groups (broad SMARTS) is 1. The molecule has 1 aliphatic carbocycles. The van der Waals surface area contributed by atoms with Gasteiger partial charge in [0.1, 0.15) is 6.54 Å². The fourth-order valence-electron chi connectivity index (χ4n) is 3.03. The number of benzene rings is 1. The molecule has 0 saturated heterocycles. The topological polar surface area (TPSA) is 95.5 Å². The number of carbonyl (C=O) groups excluding carboxylic acids is 2. The van der Waals surface area contributed by atoms with Crippen molar-refractivity contribution in [2.75, 3.05) is 11.9 Å². The molecule has 0 radical (unpaired) electrons. The molecular weight excluding hydrogens is 352 g/mol. The SMILES string of the molecule is CC1CCc2c(C(=O)Nc3ccc(C(=O)NCC(=O)O)cc3)csc2C1. The second-order valence-corrected chi connectivity index (χ2v) is 7.47. The van der Waals surface area contributed by atoms with Crippen LogP contribution in [0.5, 0.6) is 0 Å². The fourth-order valence-corrected chi connectivity index (χ4v) is 4.27. The average molecular weight is 372 g/mol. The number of thiophene rings is 1. The van der Waals surface area contributed by atoms with E-state index in [1.54, 1.807) is 35.6 Å². The number of anilines is 1. The van der Waals surface area contributed by atoms with Crippen molar-refractivity contribution in [2.45, 2.75) is 26.2 Å². The maximum atomic E-state index is 12.6. The second kappa shape index (κ2) is 7.70. The normalized spacial score (nSPS) is 15.8. The van der Waals surface area contributed by atoms with E-state index < -0.39 is 18.4 Å². The van der Waals surface area contributed by atoms with Gasteiger partial charge in [0.2, 0.25) is 0 Å². The lowest BCUT2D eigenvalue weighted by Gasteiger charge is -2.18. The van der Waals surface area contributed by atoms with Crippen LogP contribution in [0.4, 0.5) is 5.69 Å². The monoisotopic (exact) mass is 372 g/mol. The van der Waals surface area contributed by atoms with Gasteiger partial charge >= 0.3 is 5.97 Å². The van der Waals surface area contributed by atoms with Gasteiger partial charge in [0.05, 0.1) is 5.56 Å². The number of hydrogen-bond donors (Lipinski definition) is 3. The van der Waals surface area contributed by atoms with Crippen LogP contribution < -0.4 is 10.6 Å². The maximum Gasteiger partial charge on any atom is 0.322 e. The molecular formula is C19H20N2O4S. The van der Waals surface area contributed by atoms with Crippen molar-refractivity contribution in [1.29, 1.82) is 0 Å². The molecule has 3 rings (SSSR count). The lowest BCUT2D eigenvalue weighted by Crippen LogP contribution is -2.29. The Kier molecular flexibility index (Phi) is 5.37. The number of hydrogen-bond acceptors (Lipinski definition) is 4. The number of carboxylic acids is 1. The van der Waals surface area contributed by atoms with Gasteiger partial charge in [-0.3, -0.25) is 14.4 Å². The Labute approximate surface area is 155 Å². The van der Waals surface area contributed by atoms with Gasteiger partial charge in [0, 0.05) is 21.5 Å². The van der Waals surface area contributed by atoms with E-state index in [1.165, 1.54) is 4.88 Å². The third-order valence-electron chi connectivity index (χ3n) is 4.45. The molecule has 0 spiro atoms. The number of nitrogens with one attached hydrogen (secondary N) is 2. The second-order valence-electron chi connectivity index (χ2n) is 6.51. The van der Waals surface area contributed by atoms with Crippen molar-refractivity contribution in [3.8, 4) is 0 Å². The number of aliphatic carboxylic acids is 1. The summed E-state index contributed by atoms with van der Waals surface area (Å²) in [7, 11) is 0. The number of rotatable bonds is 5. The molecule has 3 N–H and O–H groups in total. The lowest BCUT2D eigenvalue weighted by molar-refractivity contribution is -0.135. The summed E-state index contributed by atoms with van der Waals surface area (Å²) in [5.74, 6) is -1.04. The van der Waals surface area contributed by atoms with Gasteiger partial charge in [-0.25, -0.2) is 0 Å². The minimum atomic E-state index is -1.10. The highest BCUT2D eigenvalue weighted by Gasteiger charge is 2.23. The third-order valence-corrected chi connectivity index (χ3v) is 5.50. The van der Waals surface area contributed by atoms with E-state index in [0.29, 0.717) is 17.2 Å². The van der Waals surface area contributed by atoms with Crippen molar-refractivity contribution < 1.29 is 19.5 Å². The van der Waals surface area contributed by atoms with Crippen LogP contribution in [0.2, 0.25) is 0 Å². The van der Waals surface area contributed by atoms with Gasteiger partial charge in [-0.05, 0) is 55.0 Å². The van der Waals surface area contributed by atoms with E-state index in [1.807, 2.05) is 5.38 Å². The first kappa shape index (κ1) is 18.1. The van der Waals surface area contributed by atoms with E-state index >= 15 is 0 Å². The van der Waals surface area contributed by atoms with Gasteiger partial charge < -0.3 is 15.7 Å². The summed E-state index contributed by atoms with van der Waals surface area (Å²) in [4.78, 5) is 36.2. The molecule has 0 bridgehead atoms. The van der Waals surface area contributed by atoms with E-state index in [9.17, 15) is 14.4 Å². The Hall–Kier alpha value is -2.67. The molecule has 0 saturated carbocycles. The van der Waals surface area contributed by atoms with Crippen LogP contribution in [0.25, 0.3) is 0 Å². The molecule has 0 aliphatic heterocycles. The highest BCUT2D eigenvalue weighted by atomic mass is 32.1. The molecule has 7 heteroatoms. The predicted molar refractivity (Wildman–Crippen MR) is 99.9 cm³/mol. The quantitative estimate of drug-likeness (QED) is 0.752. The first-order chi connectivity index (χ1) is 12.4. The summed E-state index contributed by atoms with van der Waals surface area (Å²) in [6, 6.07) is 6.37. The van der Waals surface area contributed by atoms with Gasteiger partial charge in [0.25, 0.3) is 11.8 Å². The Bertz CT molecular complexity index is 842. The van der Waals surface area contributed by atoms with Crippen molar-refractivity contribution >= 4 is 34.8 Å². The van der Waals surface area contributed by atoms with Crippen LogP contribution in [0.15, 0.2) is 29.6 Å². The van der Waals surface area contributed by atoms with Crippen LogP contribution in [0, 0.1) is 5.92 Å². The summed E-state index contributed by atoms with van der Waals surface area (Å²) in [6.07, 6.45) is 3.07. The smallest absolute Gasteiger partial charge is 0.322 e. The molecule has 1 aromatic heterocycles. The average Bonchev–Trinajstić information content (AvgIpc) is 3.03. The lowest BCUT2D eigenvalue weighted by atomic mass is 9.88. The zero-order valence-electron chi connectivity index (χ0n) is 14.4. The largest absolute Gasteiger partial charge is 0.480 e. The molecule has 1 aliphatic rings. The van der Waals surface area contributed by atoms with Crippen molar-refractivity contribution in [3.63, 3.8) is 0 Å². The van der Waals surface area contributed by atoms with E-state index in [4.69, 9.17) is 5.11 Å². The van der Waals surface area contributed by atoms with Crippen LogP contribution >= 0.6 is 11.3 Å². The van der Waals surface area contributed by atoms with Crippen LogP contribution in [-0.4, -0.2) is 29.4 Å². The first-order valence-corrected chi connectivity index (χ1v) is 9.32. The number of amides is 2. The minimum absolute atomic E-state index is 0.139. The van der Waals surface area contributed by atoms with Gasteiger partial charge in [-0.15, -0.1) is 11.3 Å². The Morgan fingerprint density at radius 3 is 2.62 bits per heavy atom. The molecule has 1 aromatic carbocycles. The maximum absolute atomic E-state index is 12.6. The molecule has 1 atom stereocenters. The van der Waals surface area contributed by atoms with Gasteiger partial charge in [0.15, 0.2) is 0 Å². The highest BCUT2D eigenvalue weighted by molar-refractivity contribution is 7.10. The fraction of sp³-hybridized carbons (Fsp3) is 0.316. The first-order valence-electron chi connectivity index (χ1n) is 8.44. The molecule has 0 fully saturated rings. The van der Waals surface area contributed by atoms with Crippen molar-refractivity contribution in [2.24, 2.45) is 5.92 Å². The molecule has 2 amide bonds. The third kappa shape index (κ3) is 4.11. The van der Waals surface area contributed by atoms with Gasteiger partial charge in [-0.1, -0.05) is 6.92 Å². The van der Waals surface area contributed by atoms with Gasteiger partial charge in [-0.2, -0.15) is 0 Å². The highest BCUT2D eigenvalue weighted by Crippen LogP contribution is 2.33. The van der Waals surface area contributed by atoms with E-state index in [0.717, 1.165) is 30.4 Å². The summed E-state index contributed by atoms with van der Waals surface area (Å²) in [5, 5.41) is 15.7. The van der Waals surface area contributed by atoms with E-state index in [2.05, 4.69) is 17.6 Å². The summed E-state index contributed by atoms with van der Waals surface area (Å²) < 4.78 is 0. The standard InChI is InChI=1S/C19H20N2O4S/c1-11-2-7-14-15(10-26-16(14)8-11)19(25)21-13-5-3-12(4-6-13)18(24)20-9-17(22)23/h3-6,10-11H,2,7-9H2,1H3,(H,20,24)(H,21,25)(H,22,23). The molecule has 136 valence electrons. The Morgan fingerprint density at radius 1 is 1.19 bits per heavy atom. The predicted octanol–water partition coefficient (Wildman–Crippen LogP) is 2.94. The summed E-state index contributed by atoms with van der Waals surface area (Å²) in [6.45, 7) is 1.80. The molecule has 6 nitrogen and oxygen atoms in total. The Balaban J connectivity index is 1.65. The molecule has 1 heterocycles. The van der Waals surface area contributed by atoms with Crippen molar-refractivity contribution in [3.05, 3.63) is 51.2 Å². The summed E-state index contributed by atoms with van der Waals surface area (Å²) >= 11 is 1.65. The molecule has 2 aromatic rings. The molecule has 1 unspecified atom stereocenters. The van der Waals surface area contributed by atoms with Crippen LogP contribution in [-0.2, 0) is 17.6 Å². The Morgan fingerprint density at radius 2 is 1.92 bits per heavy atom. The number of carbonyl (C=O) groups is 3. The zero-order chi connectivity index (χ0) is 18.7. The van der Waals surface area contributed by atoms with Crippen LogP contribution in [0.3, 0.4) is 0 Å². The van der Waals surface area contributed by atoms with Crippen molar-refractivity contribution in [1.82, 2.24) is 5.32 Å². The van der Waals surface area contributed by atoms with E-state index in [-0.39, 0.29) is 5.91 Å². The summed E-state index contributed by atoms with van der Waals surface area (Å²) in [5.41, 5.74) is 2.83. The number of fused-ring (bicyclic) bond motifs is 1. The minimum Gasteiger partial charge on any atom is -0.480 e. The zero-order valence-corrected chi connectivity index (χ0v) is 15.2. The molecule has 26 heavy (non-hydrogen) atoms. The van der Waals surface area contributed by atoms with Crippen LogP contribution in [0.1, 0.15) is 44.5 Å².